The first-order valence-corrected chi connectivity index (χ1v) is 6.87. The standard InChI is InChI=1S/C17H16N2O3/c1-4-22-13-7-5-12(6-8-13)9-14-11(2)15(10-18)17(21)19(3)16(14)20/h5-9H,4H2,1-3H3/b14-9+. The van der Waals surface area contributed by atoms with Gasteiger partial charge in [-0.25, -0.2) is 0 Å². The lowest BCUT2D eigenvalue weighted by Gasteiger charge is -2.23. The van der Waals surface area contributed by atoms with Crippen molar-refractivity contribution in [3.05, 3.63) is 46.5 Å². The molecular formula is C17H16N2O3. The molecule has 0 bridgehead atoms. The number of amides is 2. The van der Waals surface area contributed by atoms with Crippen molar-refractivity contribution in [1.82, 2.24) is 4.90 Å². The molecule has 0 saturated carbocycles. The van der Waals surface area contributed by atoms with Gasteiger partial charge in [-0.3, -0.25) is 14.5 Å². The van der Waals surface area contributed by atoms with Crippen molar-refractivity contribution in [2.75, 3.05) is 13.7 Å². The van der Waals surface area contributed by atoms with Crippen LogP contribution < -0.4 is 4.74 Å². The van der Waals surface area contributed by atoms with Gasteiger partial charge in [0, 0.05) is 12.6 Å². The first-order valence-electron chi connectivity index (χ1n) is 6.87. The Balaban J connectivity index is 2.45. The average molecular weight is 296 g/mol. The van der Waals surface area contributed by atoms with Gasteiger partial charge in [0.1, 0.15) is 17.4 Å². The van der Waals surface area contributed by atoms with E-state index in [1.54, 1.807) is 13.0 Å². The Kier molecular flexibility index (Phi) is 4.42. The highest BCUT2D eigenvalue weighted by molar-refractivity contribution is 6.19. The Morgan fingerprint density at radius 3 is 2.41 bits per heavy atom. The summed E-state index contributed by atoms with van der Waals surface area (Å²) >= 11 is 0. The van der Waals surface area contributed by atoms with Crippen molar-refractivity contribution in [1.29, 1.82) is 5.26 Å². The number of carbonyl (C=O) groups is 2. The molecule has 1 aliphatic heterocycles. The molecular weight excluding hydrogens is 280 g/mol. The maximum atomic E-state index is 12.2. The summed E-state index contributed by atoms with van der Waals surface area (Å²) < 4.78 is 5.37. The quantitative estimate of drug-likeness (QED) is 0.634. The summed E-state index contributed by atoms with van der Waals surface area (Å²) in [5.74, 6) is -0.221. The molecule has 2 rings (SSSR count). The molecule has 1 aliphatic rings. The zero-order chi connectivity index (χ0) is 16.3. The van der Waals surface area contributed by atoms with Crippen LogP contribution in [0.15, 0.2) is 41.0 Å². The van der Waals surface area contributed by atoms with E-state index in [0.717, 1.165) is 16.2 Å². The Morgan fingerprint density at radius 1 is 1.23 bits per heavy atom. The van der Waals surface area contributed by atoms with Crippen molar-refractivity contribution in [2.24, 2.45) is 0 Å². The van der Waals surface area contributed by atoms with Crippen LogP contribution in [-0.4, -0.2) is 30.4 Å². The first kappa shape index (κ1) is 15.5. The van der Waals surface area contributed by atoms with Crippen LogP contribution in [0.2, 0.25) is 0 Å². The summed E-state index contributed by atoms with van der Waals surface area (Å²) in [5, 5.41) is 9.10. The van der Waals surface area contributed by atoms with Crippen molar-refractivity contribution in [3.8, 4) is 11.8 Å². The van der Waals surface area contributed by atoms with E-state index in [1.807, 2.05) is 37.3 Å². The minimum atomic E-state index is -0.561. The van der Waals surface area contributed by atoms with Gasteiger partial charge < -0.3 is 4.74 Å². The number of ether oxygens (including phenoxy) is 1. The van der Waals surface area contributed by atoms with E-state index in [-0.39, 0.29) is 5.57 Å². The minimum absolute atomic E-state index is 0.000661. The highest BCUT2D eigenvalue weighted by Gasteiger charge is 2.32. The van der Waals surface area contributed by atoms with Crippen LogP contribution in [0.3, 0.4) is 0 Å². The molecule has 0 aromatic heterocycles. The molecule has 22 heavy (non-hydrogen) atoms. The predicted octanol–water partition coefficient (Wildman–Crippen LogP) is 2.31. The fraction of sp³-hybridized carbons (Fsp3) is 0.235. The van der Waals surface area contributed by atoms with Crippen molar-refractivity contribution < 1.29 is 14.3 Å². The first-order chi connectivity index (χ1) is 10.5. The lowest BCUT2D eigenvalue weighted by molar-refractivity contribution is -0.138. The molecule has 1 aromatic rings. The molecule has 0 atom stereocenters. The molecule has 112 valence electrons. The summed E-state index contributed by atoms with van der Waals surface area (Å²) in [4.78, 5) is 25.1. The van der Waals surface area contributed by atoms with Crippen LogP contribution in [0.1, 0.15) is 19.4 Å². The van der Waals surface area contributed by atoms with Gasteiger partial charge in [0.25, 0.3) is 11.8 Å². The molecule has 0 aliphatic carbocycles. The zero-order valence-electron chi connectivity index (χ0n) is 12.7. The number of hydrogen-bond donors (Lipinski definition) is 0. The van der Waals surface area contributed by atoms with Crippen molar-refractivity contribution in [3.63, 3.8) is 0 Å². The predicted molar refractivity (Wildman–Crippen MR) is 81.7 cm³/mol. The lowest BCUT2D eigenvalue weighted by atomic mass is 9.94. The number of rotatable bonds is 3. The summed E-state index contributed by atoms with van der Waals surface area (Å²) in [5.41, 5.74) is 1.55. The van der Waals surface area contributed by atoms with Crippen molar-refractivity contribution >= 4 is 17.9 Å². The number of hydrogen-bond acceptors (Lipinski definition) is 4. The molecule has 0 fully saturated rings. The normalized spacial score (nSPS) is 17.0. The van der Waals surface area contributed by atoms with E-state index in [1.165, 1.54) is 7.05 Å². The number of nitrogens with zero attached hydrogens (tertiary/aromatic N) is 2. The molecule has 5 nitrogen and oxygen atoms in total. The molecule has 0 unspecified atom stereocenters. The fourth-order valence-electron chi connectivity index (χ4n) is 2.19. The zero-order valence-corrected chi connectivity index (χ0v) is 12.7. The second-order valence-electron chi connectivity index (χ2n) is 4.84. The Hall–Kier alpha value is -2.87. The summed E-state index contributed by atoms with van der Waals surface area (Å²) in [6.45, 7) is 4.10. The van der Waals surface area contributed by atoms with E-state index in [0.29, 0.717) is 17.8 Å². The molecule has 5 heteroatoms. The third-order valence-electron chi connectivity index (χ3n) is 3.45. The van der Waals surface area contributed by atoms with E-state index < -0.39 is 11.8 Å². The summed E-state index contributed by atoms with van der Waals surface area (Å²) in [6.07, 6.45) is 1.67. The monoisotopic (exact) mass is 296 g/mol. The smallest absolute Gasteiger partial charge is 0.271 e. The third kappa shape index (κ3) is 2.77. The van der Waals surface area contributed by atoms with Crippen LogP contribution >= 0.6 is 0 Å². The van der Waals surface area contributed by atoms with E-state index in [9.17, 15) is 9.59 Å². The number of likely N-dealkylation sites (N-methyl/N-ethyl adjacent to an activating group) is 1. The number of nitriles is 1. The van der Waals surface area contributed by atoms with E-state index >= 15 is 0 Å². The summed E-state index contributed by atoms with van der Waals surface area (Å²) in [7, 11) is 1.38. The topological polar surface area (TPSA) is 70.4 Å². The second-order valence-corrected chi connectivity index (χ2v) is 4.84. The fourth-order valence-corrected chi connectivity index (χ4v) is 2.19. The lowest BCUT2D eigenvalue weighted by Crippen LogP contribution is -2.39. The molecule has 2 amide bonds. The van der Waals surface area contributed by atoms with Gasteiger partial charge in [-0.05, 0) is 43.2 Å². The Bertz CT molecular complexity index is 721. The van der Waals surface area contributed by atoms with Gasteiger partial charge in [0.05, 0.1) is 6.61 Å². The number of benzene rings is 1. The highest BCUT2D eigenvalue weighted by atomic mass is 16.5. The van der Waals surface area contributed by atoms with Gasteiger partial charge in [0.15, 0.2) is 0 Å². The Morgan fingerprint density at radius 2 is 1.86 bits per heavy atom. The van der Waals surface area contributed by atoms with Gasteiger partial charge in [-0.2, -0.15) is 5.26 Å². The van der Waals surface area contributed by atoms with Crippen LogP contribution in [0.25, 0.3) is 6.08 Å². The SMILES string of the molecule is CCOc1ccc(/C=C2/C(=O)N(C)C(=O)C(C#N)=C2C)cc1. The van der Waals surface area contributed by atoms with Gasteiger partial charge in [0.2, 0.25) is 0 Å². The van der Waals surface area contributed by atoms with Crippen LogP contribution in [0.5, 0.6) is 5.75 Å². The van der Waals surface area contributed by atoms with Crippen LogP contribution in [0, 0.1) is 11.3 Å². The summed E-state index contributed by atoms with van der Waals surface area (Å²) in [6, 6.07) is 9.13. The van der Waals surface area contributed by atoms with Gasteiger partial charge >= 0.3 is 0 Å². The molecule has 1 aromatic carbocycles. The molecule has 0 N–H and O–H groups in total. The van der Waals surface area contributed by atoms with E-state index in [4.69, 9.17) is 10.00 Å². The van der Waals surface area contributed by atoms with Gasteiger partial charge in [-0.1, -0.05) is 12.1 Å². The molecule has 0 spiro atoms. The highest BCUT2D eigenvalue weighted by Crippen LogP contribution is 2.26. The Labute approximate surface area is 129 Å². The second kappa shape index (κ2) is 6.27. The number of carbonyl (C=O) groups excluding carboxylic acids is 2. The van der Waals surface area contributed by atoms with Crippen LogP contribution in [0.4, 0.5) is 0 Å². The molecule has 0 radical (unpaired) electrons. The maximum Gasteiger partial charge on any atom is 0.271 e. The number of imide groups is 1. The van der Waals surface area contributed by atoms with Gasteiger partial charge in [-0.15, -0.1) is 0 Å². The molecule has 1 heterocycles. The van der Waals surface area contributed by atoms with Crippen LogP contribution in [-0.2, 0) is 9.59 Å². The van der Waals surface area contributed by atoms with E-state index in [2.05, 4.69) is 0 Å². The van der Waals surface area contributed by atoms with Crippen molar-refractivity contribution in [2.45, 2.75) is 13.8 Å². The maximum absolute atomic E-state index is 12.2. The third-order valence-corrected chi connectivity index (χ3v) is 3.45. The molecule has 0 saturated heterocycles. The average Bonchev–Trinajstić information content (AvgIpc) is 2.52. The largest absolute Gasteiger partial charge is 0.494 e. The minimum Gasteiger partial charge on any atom is -0.494 e.